The molecule has 0 atom stereocenters. The SMILES string of the molecule is Cc1nc(N2CCCN(CCCc3ccccc3)CC2)c2c(C)nn(C)c2n1. The molecule has 2 aromatic heterocycles. The van der Waals surface area contributed by atoms with Crippen molar-refractivity contribution < 1.29 is 0 Å². The van der Waals surface area contributed by atoms with E-state index in [1.165, 1.54) is 12.0 Å². The molecule has 3 heterocycles. The number of benzene rings is 1. The highest BCUT2D eigenvalue weighted by Gasteiger charge is 2.21. The number of fused-ring (bicyclic) bond motifs is 1. The van der Waals surface area contributed by atoms with Crippen molar-refractivity contribution in [2.24, 2.45) is 7.05 Å². The highest BCUT2D eigenvalue weighted by atomic mass is 15.3. The van der Waals surface area contributed by atoms with Crippen LogP contribution in [0.1, 0.15) is 29.9 Å². The van der Waals surface area contributed by atoms with Gasteiger partial charge in [0.15, 0.2) is 5.65 Å². The van der Waals surface area contributed by atoms with Crippen LogP contribution < -0.4 is 4.90 Å². The van der Waals surface area contributed by atoms with E-state index in [2.05, 4.69) is 57.1 Å². The normalized spacial score (nSPS) is 15.9. The molecule has 1 aromatic carbocycles. The van der Waals surface area contributed by atoms with Crippen LogP contribution in [-0.4, -0.2) is 57.4 Å². The summed E-state index contributed by atoms with van der Waals surface area (Å²) >= 11 is 0. The third-order valence-electron chi connectivity index (χ3n) is 5.62. The topological polar surface area (TPSA) is 50.1 Å². The van der Waals surface area contributed by atoms with Crippen LogP contribution >= 0.6 is 0 Å². The molecule has 0 aliphatic carbocycles. The van der Waals surface area contributed by atoms with Crippen LogP contribution in [0, 0.1) is 13.8 Å². The molecule has 1 fully saturated rings. The van der Waals surface area contributed by atoms with Gasteiger partial charge in [-0.3, -0.25) is 4.68 Å². The Morgan fingerprint density at radius 1 is 0.964 bits per heavy atom. The van der Waals surface area contributed by atoms with E-state index >= 15 is 0 Å². The van der Waals surface area contributed by atoms with Gasteiger partial charge >= 0.3 is 0 Å². The van der Waals surface area contributed by atoms with E-state index in [1.54, 1.807) is 0 Å². The second-order valence-corrected chi connectivity index (χ2v) is 7.77. The number of nitrogens with zero attached hydrogens (tertiary/aromatic N) is 6. The van der Waals surface area contributed by atoms with Crippen molar-refractivity contribution in [3.63, 3.8) is 0 Å². The monoisotopic (exact) mass is 378 g/mol. The molecule has 0 saturated carbocycles. The first-order chi connectivity index (χ1) is 13.6. The molecule has 0 unspecified atom stereocenters. The molecule has 28 heavy (non-hydrogen) atoms. The average molecular weight is 379 g/mol. The minimum atomic E-state index is 0.814. The highest BCUT2D eigenvalue weighted by Crippen LogP contribution is 2.27. The van der Waals surface area contributed by atoms with Crippen molar-refractivity contribution in [1.82, 2.24) is 24.6 Å². The largest absolute Gasteiger partial charge is 0.355 e. The van der Waals surface area contributed by atoms with Crippen LogP contribution in [0.25, 0.3) is 11.0 Å². The lowest BCUT2D eigenvalue weighted by atomic mass is 10.1. The summed E-state index contributed by atoms with van der Waals surface area (Å²) in [7, 11) is 1.96. The number of anilines is 1. The Labute approximate surface area is 167 Å². The molecule has 3 aromatic rings. The first-order valence-electron chi connectivity index (χ1n) is 10.3. The maximum absolute atomic E-state index is 4.81. The Kier molecular flexibility index (Phi) is 5.57. The van der Waals surface area contributed by atoms with Gasteiger partial charge in [0.25, 0.3) is 0 Å². The van der Waals surface area contributed by atoms with Crippen molar-refractivity contribution in [2.75, 3.05) is 37.6 Å². The lowest BCUT2D eigenvalue weighted by molar-refractivity contribution is 0.290. The number of rotatable bonds is 5. The lowest BCUT2D eigenvalue weighted by Gasteiger charge is -2.23. The fraction of sp³-hybridized carbons (Fsp3) is 0.500. The lowest BCUT2D eigenvalue weighted by Crippen LogP contribution is -2.32. The Morgan fingerprint density at radius 2 is 1.79 bits per heavy atom. The van der Waals surface area contributed by atoms with E-state index in [-0.39, 0.29) is 0 Å². The van der Waals surface area contributed by atoms with E-state index in [9.17, 15) is 0 Å². The molecule has 4 rings (SSSR count). The molecule has 0 N–H and O–H groups in total. The van der Waals surface area contributed by atoms with Crippen molar-refractivity contribution >= 4 is 16.9 Å². The van der Waals surface area contributed by atoms with Crippen molar-refractivity contribution in [1.29, 1.82) is 0 Å². The van der Waals surface area contributed by atoms with Crippen LogP contribution in [0.15, 0.2) is 30.3 Å². The van der Waals surface area contributed by atoms with E-state index in [0.29, 0.717) is 0 Å². The van der Waals surface area contributed by atoms with Crippen LogP contribution in [0.4, 0.5) is 5.82 Å². The zero-order valence-electron chi connectivity index (χ0n) is 17.2. The fourth-order valence-corrected chi connectivity index (χ4v) is 4.21. The van der Waals surface area contributed by atoms with Gasteiger partial charge in [-0.2, -0.15) is 5.10 Å². The van der Waals surface area contributed by atoms with E-state index in [4.69, 9.17) is 4.98 Å². The second-order valence-electron chi connectivity index (χ2n) is 7.77. The maximum atomic E-state index is 4.81. The first-order valence-corrected chi connectivity index (χ1v) is 10.3. The minimum Gasteiger partial charge on any atom is -0.355 e. The third-order valence-corrected chi connectivity index (χ3v) is 5.62. The van der Waals surface area contributed by atoms with Gasteiger partial charge in [-0.05, 0) is 51.8 Å². The summed E-state index contributed by atoms with van der Waals surface area (Å²) < 4.78 is 1.87. The summed E-state index contributed by atoms with van der Waals surface area (Å²) in [5.41, 5.74) is 3.38. The van der Waals surface area contributed by atoms with Crippen LogP contribution in [0.5, 0.6) is 0 Å². The number of aromatic nitrogens is 4. The van der Waals surface area contributed by atoms with Crippen LogP contribution in [0.3, 0.4) is 0 Å². The van der Waals surface area contributed by atoms with Gasteiger partial charge in [0.2, 0.25) is 0 Å². The summed E-state index contributed by atoms with van der Waals surface area (Å²) in [5.74, 6) is 1.87. The summed E-state index contributed by atoms with van der Waals surface area (Å²) in [6, 6.07) is 10.8. The zero-order valence-corrected chi connectivity index (χ0v) is 17.2. The summed E-state index contributed by atoms with van der Waals surface area (Å²) in [5, 5.41) is 5.67. The van der Waals surface area contributed by atoms with Crippen molar-refractivity contribution in [2.45, 2.75) is 33.1 Å². The quantitative estimate of drug-likeness (QED) is 0.683. The molecule has 0 radical (unpaired) electrons. The Balaban J connectivity index is 1.42. The van der Waals surface area contributed by atoms with Gasteiger partial charge in [-0.1, -0.05) is 30.3 Å². The predicted molar refractivity (Wildman–Crippen MR) is 114 cm³/mol. The molecular weight excluding hydrogens is 348 g/mol. The molecule has 0 spiro atoms. The maximum Gasteiger partial charge on any atom is 0.163 e. The Bertz CT molecular complexity index is 933. The Hall–Kier alpha value is -2.47. The summed E-state index contributed by atoms with van der Waals surface area (Å²) in [6.45, 7) is 9.47. The number of hydrogen-bond donors (Lipinski definition) is 0. The first kappa shape index (κ1) is 18.9. The summed E-state index contributed by atoms with van der Waals surface area (Å²) in [6.07, 6.45) is 3.53. The average Bonchev–Trinajstić information content (AvgIpc) is 2.86. The van der Waals surface area contributed by atoms with Gasteiger partial charge in [-0.15, -0.1) is 0 Å². The minimum absolute atomic E-state index is 0.814. The zero-order chi connectivity index (χ0) is 19.5. The van der Waals surface area contributed by atoms with Gasteiger partial charge in [0, 0.05) is 26.7 Å². The summed E-state index contributed by atoms with van der Waals surface area (Å²) in [4.78, 5) is 14.5. The molecule has 0 bridgehead atoms. The third kappa shape index (κ3) is 4.02. The van der Waals surface area contributed by atoms with Crippen molar-refractivity contribution in [3.8, 4) is 0 Å². The number of aryl methyl sites for hydroxylation is 4. The fourth-order valence-electron chi connectivity index (χ4n) is 4.21. The number of hydrogen-bond acceptors (Lipinski definition) is 5. The second kappa shape index (κ2) is 8.27. The van der Waals surface area contributed by atoms with Crippen LogP contribution in [0.2, 0.25) is 0 Å². The standard InChI is InChI=1S/C22H30N6/c1-17-20-21(26(3)25-17)23-18(2)24-22(20)28-14-8-13-27(15-16-28)12-7-11-19-9-5-4-6-10-19/h4-6,9-10H,7-8,11-16H2,1-3H3. The molecule has 6 nitrogen and oxygen atoms in total. The molecular formula is C22H30N6. The smallest absolute Gasteiger partial charge is 0.163 e. The van der Waals surface area contributed by atoms with Crippen LogP contribution in [-0.2, 0) is 13.5 Å². The van der Waals surface area contributed by atoms with E-state index in [0.717, 1.165) is 73.9 Å². The molecule has 1 aliphatic rings. The van der Waals surface area contributed by atoms with E-state index < -0.39 is 0 Å². The molecule has 0 amide bonds. The van der Waals surface area contributed by atoms with E-state index in [1.807, 2.05) is 18.7 Å². The molecule has 1 saturated heterocycles. The highest BCUT2D eigenvalue weighted by molar-refractivity contribution is 5.89. The van der Waals surface area contributed by atoms with Crippen molar-refractivity contribution in [3.05, 3.63) is 47.4 Å². The van der Waals surface area contributed by atoms with Gasteiger partial charge < -0.3 is 9.80 Å². The predicted octanol–water partition coefficient (Wildman–Crippen LogP) is 3.13. The molecule has 148 valence electrons. The van der Waals surface area contributed by atoms with Gasteiger partial charge in [-0.25, -0.2) is 9.97 Å². The molecule has 6 heteroatoms. The Morgan fingerprint density at radius 3 is 2.61 bits per heavy atom. The molecule has 1 aliphatic heterocycles. The van der Waals surface area contributed by atoms with Gasteiger partial charge in [0.1, 0.15) is 11.6 Å². The van der Waals surface area contributed by atoms with Gasteiger partial charge in [0.05, 0.1) is 11.1 Å².